The molecule has 1 N–H and O–H groups in total. The highest BCUT2D eigenvalue weighted by molar-refractivity contribution is 9.10. The lowest BCUT2D eigenvalue weighted by atomic mass is 10.2. The van der Waals surface area contributed by atoms with Gasteiger partial charge in [-0.25, -0.2) is 9.18 Å². The Labute approximate surface area is 150 Å². The van der Waals surface area contributed by atoms with Gasteiger partial charge in [0.2, 0.25) is 0 Å². The van der Waals surface area contributed by atoms with E-state index in [-0.39, 0.29) is 10.6 Å². The molecule has 0 aliphatic rings. The zero-order valence-electron chi connectivity index (χ0n) is 12.4. The number of esters is 1. The molecule has 8 heteroatoms. The Hall–Kier alpha value is -2.12. The number of carbonyl (C=O) groups excluding carboxylic acids is 2. The maximum Gasteiger partial charge on any atom is 0.339 e. The summed E-state index contributed by atoms with van der Waals surface area (Å²) in [5, 5.41) is 2.33. The van der Waals surface area contributed by atoms with Gasteiger partial charge in [-0.3, -0.25) is 4.79 Å². The third-order valence-corrected chi connectivity index (χ3v) is 3.91. The molecule has 0 heterocycles. The molecular weight excluding hydrogens is 405 g/mol. The SMILES string of the molecule is COc1ccc(Br)c(C(=O)OCC(=O)Nc2ccc(F)c(Cl)c2)c1. The van der Waals surface area contributed by atoms with Crippen molar-refractivity contribution in [2.75, 3.05) is 19.0 Å². The van der Waals surface area contributed by atoms with E-state index in [9.17, 15) is 14.0 Å². The van der Waals surface area contributed by atoms with Crippen LogP contribution in [0.4, 0.5) is 10.1 Å². The monoisotopic (exact) mass is 415 g/mol. The van der Waals surface area contributed by atoms with E-state index in [4.69, 9.17) is 21.1 Å². The van der Waals surface area contributed by atoms with Crippen molar-refractivity contribution in [3.05, 3.63) is 57.3 Å². The van der Waals surface area contributed by atoms with Crippen molar-refractivity contribution in [2.45, 2.75) is 0 Å². The summed E-state index contributed by atoms with van der Waals surface area (Å²) >= 11 is 8.85. The van der Waals surface area contributed by atoms with Crippen molar-refractivity contribution < 1.29 is 23.5 Å². The molecule has 0 bridgehead atoms. The molecular formula is C16H12BrClFNO4. The number of amides is 1. The van der Waals surface area contributed by atoms with E-state index < -0.39 is 24.3 Å². The lowest BCUT2D eigenvalue weighted by molar-refractivity contribution is -0.119. The topological polar surface area (TPSA) is 64.6 Å². The molecule has 0 aromatic heterocycles. The zero-order chi connectivity index (χ0) is 17.7. The molecule has 0 unspecified atom stereocenters. The summed E-state index contributed by atoms with van der Waals surface area (Å²) < 4.78 is 23.5. The summed E-state index contributed by atoms with van der Waals surface area (Å²) in [6.07, 6.45) is 0. The Morgan fingerprint density at radius 1 is 1.25 bits per heavy atom. The van der Waals surface area contributed by atoms with Crippen LogP contribution in [0.25, 0.3) is 0 Å². The number of nitrogens with one attached hydrogen (secondary N) is 1. The molecule has 0 saturated heterocycles. The third-order valence-electron chi connectivity index (χ3n) is 2.93. The van der Waals surface area contributed by atoms with Gasteiger partial charge >= 0.3 is 5.97 Å². The van der Waals surface area contributed by atoms with Crippen LogP contribution in [-0.2, 0) is 9.53 Å². The normalized spacial score (nSPS) is 10.2. The van der Waals surface area contributed by atoms with Gasteiger partial charge in [0, 0.05) is 10.2 Å². The summed E-state index contributed by atoms with van der Waals surface area (Å²) in [7, 11) is 1.47. The highest BCUT2D eigenvalue weighted by atomic mass is 79.9. The molecule has 0 atom stereocenters. The van der Waals surface area contributed by atoms with Crippen LogP contribution in [-0.4, -0.2) is 25.6 Å². The molecule has 2 aromatic rings. The minimum Gasteiger partial charge on any atom is -0.497 e. The van der Waals surface area contributed by atoms with Crippen LogP contribution in [0.1, 0.15) is 10.4 Å². The van der Waals surface area contributed by atoms with Crippen molar-refractivity contribution in [1.82, 2.24) is 0 Å². The molecule has 24 heavy (non-hydrogen) atoms. The zero-order valence-corrected chi connectivity index (χ0v) is 14.8. The largest absolute Gasteiger partial charge is 0.497 e. The lowest BCUT2D eigenvalue weighted by Gasteiger charge is -2.09. The number of halogens is 3. The molecule has 2 aromatic carbocycles. The third kappa shape index (κ3) is 4.69. The Kier molecular flexibility index (Phi) is 6.16. The van der Waals surface area contributed by atoms with Crippen molar-refractivity contribution >= 4 is 45.1 Å². The molecule has 0 radical (unpaired) electrons. The molecule has 0 aliphatic carbocycles. The first kappa shape index (κ1) is 18.2. The van der Waals surface area contributed by atoms with Gasteiger partial charge < -0.3 is 14.8 Å². The van der Waals surface area contributed by atoms with E-state index in [0.29, 0.717) is 15.9 Å². The van der Waals surface area contributed by atoms with E-state index in [1.165, 1.54) is 25.3 Å². The predicted molar refractivity (Wildman–Crippen MR) is 91.0 cm³/mol. The van der Waals surface area contributed by atoms with Crippen molar-refractivity contribution in [3.63, 3.8) is 0 Å². The van der Waals surface area contributed by atoms with Crippen molar-refractivity contribution in [2.24, 2.45) is 0 Å². The number of anilines is 1. The smallest absolute Gasteiger partial charge is 0.339 e. The van der Waals surface area contributed by atoms with E-state index in [1.807, 2.05) is 0 Å². The molecule has 126 valence electrons. The molecule has 0 aliphatic heterocycles. The minimum absolute atomic E-state index is 0.120. The summed E-state index contributed by atoms with van der Waals surface area (Å²) in [5.41, 5.74) is 0.525. The van der Waals surface area contributed by atoms with Gasteiger partial charge in [0.25, 0.3) is 5.91 Å². The fraction of sp³-hybridized carbons (Fsp3) is 0.125. The average molecular weight is 417 g/mol. The van der Waals surface area contributed by atoms with Gasteiger partial charge in [-0.1, -0.05) is 11.6 Å². The fourth-order valence-electron chi connectivity index (χ4n) is 1.77. The molecule has 5 nitrogen and oxygen atoms in total. The van der Waals surface area contributed by atoms with Gasteiger partial charge in [0.1, 0.15) is 11.6 Å². The van der Waals surface area contributed by atoms with Crippen LogP contribution in [0, 0.1) is 5.82 Å². The van der Waals surface area contributed by atoms with E-state index in [2.05, 4.69) is 21.2 Å². The number of hydrogen-bond acceptors (Lipinski definition) is 4. The van der Waals surface area contributed by atoms with E-state index >= 15 is 0 Å². The Bertz CT molecular complexity index is 785. The van der Waals surface area contributed by atoms with E-state index in [1.54, 1.807) is 12.1 Å². The molecule has 2 rings (SSSR count). The highest BCUT2D eigenvalue weighted by Gasteiger charge is 2.15. The van der Waals surface area contributed by atoms with Gasteiger partial charge in [0.05, 0.1) is 17.7 Å². The van der Waals surface area contributed by atoms with Crippen LogP contribution >= 0.6 is 27.5 Å². The van der Waals surface area contributed by atoms with Crippen molar-refractivity contribution in [3.8, 4) is 5.75 Å². The van der Waals surface area contributed by atoms with Crippen LogP contribution in [0.2, 0.25) is 5.02 Å². The summed E-state index contributed by atoms with van der Waals surface area (Å²) in [5.74, 6) is -1.38. The van der Waals surface area contributed by atoms with Gasteiger partial charge in [-0.2, -0.15) is 0 Å². The van der Waals surface area contributed by atoms with Crippen LogP contribution in [0.5, 0.6) is 5.75 Å². The Balaban J connectivity index is 1.96. The van der Waals surface area contributed by atoms with Crippen LogP contribution in [0.3, 0.4) is 0 Å². The van der Waals surface area contributed by atoms with Crippen LogP contribution in [0.15, 0.2) is 40.9 Å². The summed E-state index contributed by atoms with van der Waals surface area (Å²) in [4.78, 5) is 23.8. The van der Waals surface area contributed by atoms with Gasteiger partial charge in [-0.05, 0) is 52.3 Å². The van der Waals surface area contributed by atoms with E-state index in [0.717, 1.165) is 6.07 Å². The molecule has 0 fully saturated rings. The van der Waals surface area contributed by atoms with Gasteiger partial charge in [0.15, 0.2) is 6.61 Å². The number of hydrogen-bond donors (Lipinski definition) is 1. The molecule has 0 spiro atoms. The summed E-state index contributed by atoms with van der Waals surface area (Å²) in [6, 6.07) is 8.53. The number of benzene rings is 2. The number of carbonyl (C=O) groups is 2. The minimum atomic E-state index is -0.687. The molecule has 1 amide bonds. The second-order valence-electron chi connectivity index (χ2n) is 4.60. The summed E-state index contributed by atoms with van der Waals surface area (Å²) in [6.45, 7) is -0.503. The predicted octanol–water partition coefficient (Wildman–Crippen LogP) is 4.05. The number of methoxy groups -OCH3 is 1. The maximum absolute atomic E-state index is 13.0. The maximum atomic E-state index is 13.0. The lowest BCUT2D eigenvalue weighted by Crippen LogP contribution is -2.21. The quantitative estimate of drug-likeness (QED) is 0.747. The Morgan fingerprint density at radius 2 is 2.00 bits per heavy atom. The van der Waals surface area contributed by atoms with Crippen LogP contribution < -0.4 is 10.1 Å². The second kappa shape index (κ2) is 8.12. The number of ether oxygens (including phenoxy) is 2. The fourth-order valence-corrected chi connectivity index (χ4v) is 2.36. The first-order valence-corrected chi connectivity index (χ1v) is 7.83. The second-order valence-corrected chi connectivity index (χ2v) is 5.86. The standard InChI is InChI=1S/C16H12BrClFNO4/c1-23-10-3-4-12(17)11(7-10)16(22)24-8-15(21)20-9-2-5-14(19)13(18)6-9/h2-7H,8H2,1H3,(H,20,21). The van der Waals surface area contributed by atoms with Gasteiger partial charge in [-0.15, -0.1) is 0 Å². The average Bonchev–Trinajstić information content (AvgIpc) is 2.56. The molecule has 0 saturated carbocycles. The highest BCUT2D eigenvalue weighted by Crippen LogP contribution is 2.23. The Morgan fingerprint density at radius 3 is 2.67 bits per heavy atom. The first-order chi connectivity index (χ1) is 11.4. The number of rotatable bonds is 5. The van der Waals surface area contributed by atoms with Crippen molar-refractivity contribution in [1.29, 1.82) is 0 Å². The first-order valence-electron chi connectivity index (χ1n) is 6.66.